The molecule has 3 rings (SSSR count). The number of furan rings is 1. The molecule has 0 bridgehead atoms. The number of nitrogens with zero attached hydrogens (tertiary/aromatic N) is 1. The molecular weight excluding hydrogens is 440 g/mol. The van der Waals surface area contributed by atoms with Gasteiger partial charge in [0.2, 0.25) is 0 Å². The maximum atomic E-state index is 12.4. The minimum absolute atomic E-state index is 0.161. The number of methoxy groups -OCH3 is 1. The molecule has 0 spiro atoms. The number of ether oxygens (including phenoxy) is 3. The fourth-order valence-corrected chi connectivity index (χ4v) is 3.11. The minimum Gasteiger partial charge on any atom is -0.494 e. The van der Waals surface area contributed by atoms with Gasteiger partial charge in [0.25, 0.3) is 0 Å². The molecule has 0 atom stereocenters. The van der Waals surface area contributed by atoms with E-state index in [1.165, 1.54) is 6.21 Å². The van der Waals surface area contributed by atoms with E-state index in [1.807, 2.05) is 19.9 Å². The zero-order valence-electron chi connectivity index (χ0n) is 16.3. The number of halogens is 1. The number of rotatable bonds is 8. The van der Waals surface area contributed by atoms with Gasteiger partial charge in [-0.3, -0.25) is 4.79 Å². The fourth-order valence-electron chi connectivity index (χ4n) is 2.68. The molecular formula is C21H21BrN2O5. The van der Waals surface area contributed by atoms with Crippen molar-refractivity contribution in [3.8, 4) is 17.2 Å². The maximum Gasteiger partial charge on any atom is 0.307 e. The summed E-state index contributed by atoms with van der Waals surface area (Å²) in [4.78, 5) is 12.4. The first-order chi connectivity index (χ1) is 14.0. The summed E-state index contributed by atoms with van der Waals surface area (Å²) in [6.45, 7) is 4.90. The van der Waals surface area contributed by atoms with Crippen molar-refractivity contribution in [3.05, 3.63) is 52.2 Å². The average molecular weight is 461 g/mol. The quantitative estimate of drug-likeness (QED) is 0.386. The Kier molecular flexibility index (Phi) is 6.77. The third kappa shape index (κ3) is 4.89. The Balaban J connectivity index is 1.73. The second-order valence-electron chi connectivity index (χ2n) is 5.90. The Morgan fingerprint density at radius 1 is 1.14 bits per heavy atom. The van der Waals surface area contributed by atoms with E-state index in [-0.39, 0.29) is 5.76 Å². The van der Waals surface area contributed by atoms with Gasteiger partial charge in [-0.15, -0.1) is 0 Å². The number of hydrogen-bond donors (Lipinski definition) is 1. The lowest BCUT2D eigenvalue weighted by molar-refractivity contribution is 0.0929. The fraction of sp³-hybridized carbons (Fsp3) is 0.238. The first kappa shape index (κ1) is 20.7. The van der Waals surface area contributed by atoms with Crippen LogP contribution in [0.4, 0.5) is 0 Å². The number of nitrogens with one attached hydrogen (secondary N) is 1. The summed E-state index contributed by atoms with van der Waals surface area (Å²) in [7, 11) is 1.56. The summed E-state index contributed by atoms with van der Waals surface area (Å²) in [5.74, 6) is 1.63. The zero-order valence-corrected chi connectivity index (χ0v) is 17.9. The summed E-state index contributed by atoms with van der Waals surface area (Å²) in [5, 5.41) is 4.79. The van der Waals surface area contributed by atoms with Gasteiger partial charge >= 0.3 is 5.91 Å². The molecule has 152 valence electrons. The highest BCUT2D eigenvalue weighted by Crippen LogP contribution is 2.33. The third-order valence-electron chi connectivity index (χ3n) is 3.98. The standard InChI is InChI=1S/C21H21BrN2O5/c1-4-27-15-6-7-17-13(8-15)9-20(29-17)21(25)24-23-12-14-10-18(26-3)19(28-5-2)11-16(14)22/h6-12H,4-5H2,1-3H3,(H,24,25)/b23-12+. The molecule has 0 aliphatic carbocycles. The van der Waals surface area contributed by atoms with Gasteiger partial charge in [0, 0.05) is 15.4 Å². The maximum absolute atomic E-state index is 12.4. The van der Waals surface area contributed by atoms with E-state index in [1.54, 1.807) is 37.4 Å². The Bertz CT molecular complexity index is 1040. The Morgan fingerprint density at radius 3 is 2.66 bits per heavy atom. The van der Waals surface area contributed by atoms with E-state index in [4.69, 9.17) is 18.6 Å². The van der Waals surface area contributed by atoms with Crippen molar-refractivity contribution < 1.29 is 23.4 Å². The lowest BCUT2D eigenvalue weighted by Gasteiger charge is -2.11. The molecule has 0 radical (unpaired) electrons. The molecule has 3 aromatic rings. The van der Waals surface area contributed by atoms with Crippen LogP contribution < -0.4 is 19.6 Å². The molecule has 0 aliphatic heterocycles. The van der Waals surface area contributed by atoms with E-state index < -0.39 is 5.91 Å². The topological polar surface area (TPSA) is 82.3 Å². The van der Waals surface area contributed by atoms with E-state index >= 15 is 0 Å². The van der Waals surface area contributed by atoms with Gasteiger partial charge in [0.15, 0.2) is 17.3 Å². The SMILES string of the molecule is CCOc1ccc2oc(C(=O)N/N=C/c3cc(OC)c(OCC)cc3Br)cc2c1. The van der Waals surface area contributed by atoms with Crippen LogP contribution >= 0.6 is 15.9 Å². The van der Waals surface area contributed by atoms with Crippen molar-refractivity contribution in [2.45, 2.75) is 13.8 Å². The highest BCUT2D eigenvalue weighted by atomic mass is 79.9. The second kappa shape index (κ2) is 9.47. The van der Waals surface area contributed by atoms with Crippen LogP contribution in [0.15, 0.2) is 50.4 Å². The van der Waals surface area contributed by atoms with Gasteiger partial charge < -0.3 is 18.6 Å². The molecule has 0 fully saturated rings. The van der Waals surface area contributed by atoms with E-state index in [0.717, 1.165) is 21.2 Å². The van der Waals surface area contributed by atoms with Crippen molar-refractivity contribution in [3.63, 3.8) is 0 Å². The smallest absolute Gasteiger partial charge is 0.307 e. The van der Waals surface area contributed by atoms with E-state index in [2.05, 4.69) is 26.5 Å². The molecule has 7 nitrogen and oxygen atoms in total. The van der Waals surface area contributed by atoms with Gasteiger partial charge in [0.05, 0.1) is 26.5 Å². The number of hydrogen-bond acceptors (Lipinski definition) is 6. The molecule has 2 aromatic carbocycles. The van der Waals surface area contributed by atoms with Crippen LogP contribution in [0.5, 0.6) is 17.2 Å². The number of hydrazone groups is 1. The van der Waals surface area contributed by atoms with Crippen LogP contribution in [0.2, 0.25) is 0 Å². The summed E-state index contributed by atoms with van der Waals surface area (Å²) < 4.78 is 22.7. The Labute approximate surface area is 176 Å². The molecule has 0 saturated heterocycles. The highest BCUT2D eigenvalue weighted by molar-refractivity contribution is 9.10. The van der Waals surface area contributed by atoms with Crippen LogP contribution in [0.3, 0.4) is 0 Å². The van der Waals surface area contributed by atoms with Gasteiger partial charge in [-0.25, -0.2) is 5.43 Å². The molecule has 0 aliphatic rings. The first-order valence-corrected chi connectivity index (χ1v) is 9.85. The van der Waals surface area contributed by atoms with Crippen molar-refractivity contribution in [1.29, 1.82) is 0 Å². The lowest BCUT2D eigenvalue weighted by atomic mass is 10.2. The summed E-state index contributed by atoms with van der Waals surface area (Å²) in [6.07, 6.45) is 1.51. The summed E-state index contributed by atoms with van der Waals surface area (Å²) in [6, 6.07) is 10.6. The number of benzene rings is 2. The van der Waals surface area contributed by atoms with Gasteiger partial charge in [-0.2, -0.15) is 5.10 Å². The Morgan fingerprint density at radius 2 is 1.93 bits per heavy atom. The first-order valence-electron chi connectivity index (χ1n) is 9.05. The molecule has 1 amide bonds. The van der Waals surface area contributed by atoms with Gasteiger partial charge in [0.1, 0.15) is 11.3 Å². The number of carbonyl (C=O) groups excluding carboxylic acids is 1. The summed E-state index contributed by atoms with van der Waals surface area (Å²) >= 11 is 3.47. The molecule has 29 heavy (non-hydrogen) atoms. The van der Waals surface area contributed by atoms with E-state index in [9.17, 15) is 4.79 Å². The van der Waals surface area contributed by atoms with Crippen LogP contribution in [0.1, 0.15) is 30.0 Å². The number of amides is 1. The van der Waals surface area contributed by atoms with Crippen molar-refractivity contribution in [1.82, 2.24) is 5.43 Å². The van der Waals surface area contributed by atoms with Crippen LogP contribution in [-0.2, 0) is 0 Å². The molecule has 1 aromatic heterocycles. The molecule has 1 N–H and O–H groups in total. The van der Waals surface area contributed by atoms with Crippen LogP contribution in [0, 0.1) is 0 Å². The monoisotopic (exact) mass is 460 g/mol. The van der Waals surface area contributed by atoms with E-state index in [0.29, 0.717) is 30.3 Å². The number of fused-ring (bicyclic) bond motifs is 1. The molecule has 0 saturated carbocycles. The van der Waals surface area contributed by atoms with Crippen molar-refractivity contribution >= 4 is 39.0 Å². The zero-order chi connectivity index (χ0) is 20.8. The third-order valence-corrected chi connectivity index (χ3v) is 4.66. The largest absolute Gasteiger partial charge is 0.494 e. The van der Waals surface area contributed by atoms with Gasteiger partial charge in [-0.1, -0.05) is 0 Å². The average Bonchev–Trinajstić information content (AvgIpc) is 3.13. The Hall–Kier alpha value is -3.00. The predicted molar refractivity (Wildman–Crippen MR) is 114 cm³/mol. The number of carbonyl (C=O) groups is 1. The molecule has 1 heterocycles. The minimum atomic E-state index is -0.454. The predicted octanol–water partition coefficient (Wildman–Crippen LogP) is 4.77. The van der Waals surface area contributed by atoms with Crippen molar-refractivity contribution in [2.75, 3.05) is 20.3 Å². The molecule has 8 heteroatoms. The second-order valence-corrected chi connectivity index (χ2v) is 6.75. The van der Waals surface area contributed by atoms with Crippen LogP contribution in [0.25, 0.3) is 11.0 Å². The summed E-state index contributed by atoms with van der Waals surface area (Å²) in [5.41, 5.74) is 3.78. The van der Waals surface area contributed by atoms with Crippen molar-refractivity contribution in [2.24, 2.45) is 5.10 Å². The molecule has 0 unspecified atom stereocenters. The lowest BCUT2D eigenvalue weighted by Crippen LogP contribution is -2.16. The van der Waals surface area contributed by atoms with Gasteiger partial charge in [-0.05, 0) is 66.2 Å². The highest BCUT2D eigenvalue weighted by Gasteiger charge is 2.13. The normalized spacial score (nSPS) is 11.0. The van der Waals surface area contributed by atoms with Crippen LogP contribution in [-0.4, -0.2) is 32.4 Å².